The highest BCUT2D eigenvalue weighted by Crippen LogP contribution is 2.19. The molecule has 1 aromatic heterocycles. The third-order valence-corrected chi connectivity index (χ3v) is 2.47. The van der Waals surface area contributed by atoms with Gasteiger partial charge in [0.05, 0.1) is 0 Å². The molecular formula is C12H8Cl2N2O. The summed E-state index contributed by atoms with van der Waals surface area (Å²) >= 11 is 11.6. The number of amides is 1. The number of nitrogens with zero attached hydrogens (tertiary/aromatic N) is 1. The Kier molecular flexibility index (Phi) is 3.61. The molecule has 0 spiro atoms. The maximum Gasteiger partial charge on any atom is 0.256 e. The van der Waals surface area contributed by atoms with Gasteiger partial charge in [-0.05, 0) is 30.3 Å². The van der Waals surface area contributed by atoms with Crippen molar-refractivity contribution in [1.29, 1.82) is 0 Å². The second-order valence-corrected chi connectivity index (χ2v) is 4.20. The van der Waals surface area contributed by atoms with Crippen LogP contribution in [-0.4, -0.2) is 10.9 Å². The van der Waals surface area contributed by atoms with Crippen LogP contribution in [0.4, 0.5) is 5.82 Å². The van der Waals surface area contributed by atoms with Crippen LogP contribution in [-0.2, 0) is 0 Å². The Hall–Kier alpha value is -1.58. The summed E-state index contributed by atoms with van der Waals surface area (Å²) in [5, 5.41) is 3.49. The van der Waals surface area contributed by atoms with Gasteiger partial charge in [0.1, 0.15) is 5.82 Å². The number of carbonyl (C=O) groups excluding carboxylic acids is 1. The Bertz CT molecular complexity index is 523. The highest BCUT2D eigenvalue weighted by atomic mass is 35.5. The van der Waals surface area contributed by atoms with E-state index in [0.717, 1.165) is 0 Å². The van der Waals surface area contributed by atoms with Crippen molar-refractivity contribution in [1.82, 2.24) is 4.98 Å². The van der Waals surface area contributed by atoms with Crippen molar-refractivity contribution in [3.63, 3.8) is 0 Å². The average molecular weight is 267 g/mol. The predicted molar refractivity (Wildman–Crippen MR) is 68.7 cm³/mol. The van der Waals surface area contributed by atoms with Gasteiger partial charge in [0.2, 0.25) is 0 Å². The molecule has 0 fully saturated rings. The first-order valence-corrected chi connectivity index (χ1v) is 5.59. The molecule has 1 aromatic carbocycles. The van der Waals surface area contributed by atoms with Crippen LogP contribution < -0.4 is 5.32 Å². The van der Waals surface area contributed by atoms with Crippen molar-refractivity contribution in [3.05, 3.63) is 58.2 Å². The van der Waals surface area contributed by atoms with Crippen molar-refractivity contribution < 1.29 is 4.79 Å². The van der Waals surface area contributed by atoms with E-state index in [4.69, 9.17) is 23.2 Å². The summed E-state index contributed by atoms with van der Waals surface area (Å²) in [5.41, 5.74) is 0.396. The maximum absolute atomic E-state index is 11.9. The first-order valence-electron chi connectivity index (χ1n) is 4.83. The second kappa shape index (κ2) is 5.17. The zero-order valence-corrected chi connectivity index (χ0v) is 10.2. The molecule has 2 aromatic rings. The summed E-state index contributed by atoms with van der Waals surface area (Å²) in [6.07, 6.45) is 1.60. The zero-order valence-electron chi connectivity index (χ0n) is 8.65. The molecule has 0 radical (unpaired) electrons. The SMILES string of the molecule is O=C(Nc1ccccn1)c1cc(Cl)cc(Cl)c1. The lowest BCUT2D eigenvalue weighted by molar-refractivity contribution is 0.102. The molecule has 0 atom stereocenters. The lowest BCUT2D eigenvalue weighted by Gasteiger charge is -2.04. The van der Waals surface area contributed by atoms with E-state index in [1.54, 1.807) is 42.6 Å². The number of halogens is 2. The summed E-state index contributed by atoms with van der Waals surface area (Å²) in [4.78, 5) is 15.8. The molecular weight excluding hydrogens is 259 g/mol. The molecule has 3 nitrogen and oxygen atoms in total. The van der Waals surface area contributed by atoms with Crippen LogP contribution >= 0.6 is 23.2 Å². The fraction of sp³-hybridized carbons (Fsp3) is 0. The first-order chi connectivity index (χ1) is 8.15. The molecule has 0 unspecified atom stereocenters. The molecule has 0 saturated heterocycles. The zero-order chi connectivity index (χ0) is 12.3. The minimum atomic E-state index is -0.298. The molecule has 0 aliphatic rings. The number of hydrogen-bond acceptors (Lipinski definition) is 2. The van der Waals surface area contributed by atoms with Crippen LogP contribution in [0.25, 0.3) is 0 Å². The topological polar surface area (TPSA) is 42.0 Å². The number of anilines is 1. The molecule has 1 N–H and O–H groups in total. The third kappa shape index (κ3) is 3.19. The van der Waals surface area contributed by atoms with Gasteiger partial charge in [-0.25, -0.2) is 4.98 Å². The Balaban J connectivity index is 2.20. The Morgan fingerprint density at radius 2 is 1.82 bits per heavy atom. The number of hydrogen-bond donors (Lipinski definition) is 1. The smallest absolute Gasteiger partial charge is 0.256 e. The minimum Gasteiger partial charge on any atom is -0.307 e. The summed E-state index contributed by atoms with van der Waals surface area (Å²) < 4.78 is 0. The molecule has 1 heterocycles. The highest BCUT2D eigenvalue weighted by Gasteiger charge is 2.08. The van der Waals surface area contributed by atoms with Crippen molar-refractivity contribution in [3.8, 4) is 0 Å². The molecule has 0 aliphatic heterocycles. The van der Waals surface area contributed by atoms with Crippen molar-refractivity contribution in [2.45, 2.75) is 0 Å². The van der Waals surface area contributed by atoms with Crippen molar-refractivity contribution in [2.24, 2.45) is 0 Å². The van der Waals surface area contributed by atoms with Gasteiger partial charge in [0, 0.05) is 21.8 Å². The largest absolute Gasteiger partial charge is 0.307 e. The van der Waals surface area contributed by atoms with Crippen LogP contribution in [0, 0.1) is 0 Å². The van der Waals surface area contributed by atoms with Crippen LogP contribution in [0.5, 0.6) is 0 Å². The highest BCUT2D eigenvalue weighted by molar-refractivity contribution is 6.35. The van der Waals surface area contributed by atoms with E-state index in [9.17, 15) is 4.79 Å². The Morgan fingerprint density at radius 3 is 2.41 bits per heavy atom. The van der Waals surface area contributed by atoms with Gasteiger partial charge in [-0.1, -0.05) is 29.3 Å². The number of pyridine rings is 1. The molecule has 2 rings (SSSR count). The quantitative estimate of drug-likeness (QED) is 0.902. The van der Waals surface area contributed by atoms with E-state index >= 15 is 0 Å². The number of aromatic nitrogens is 1. The normalized spacial score (nSPS) is 10.0. The Morgan fingerprint density at radius 1 is 1.12 bits per heavy atom. The van der Waals surface area contributed by atoms with Crippen LogP contribution in [0.3, 0.4) is 0 Å². The lowest BCUT2D eigenvalue weighted by atomic mass is 10.2. The second-order valence-electron chi connectivity index (χ2n) is 3.33. The third-order valence-electron chi connectivity index (χ3n) is 2.03. The summed E-state index contributed by atoms with van der Waals surface area (Å²) in [7, 11) is 0. The molecule has 0 bridgehead atoms. The fourth-order valence-electron chi connectivity index (χ4n) is 1.31. The standard InChI is InChI=1S/C12H8Cl2N2O/c13-9-5-8(6-10(14)7-9)12(17)16-11-3-1-2-4-15-11/h1-7H,(H,15,16,17). The molecule has 86 valence electrons. The summed E-state index contributed by atoms with van der Waals surface area (Å²) in [5.74, 6) is 0.182. The number of carbonyl (C=O) groups is 1. The predicted octanol–water partition coefficient (Wildman–Crippen LogP) is 3.64. The van der Waals surface area contributed by atoms with Gasteiger partial charge in [-0.15, -0.1) is 0 Å². The van der Waals surface area contributed by atoms with Gasteiger partial charge >= 0.3 is 0 Å². The summed E-state index contributed by atoms with van der Waals surface area (Å²) in [6.45, 7) is 0. The Labute approximate surface area is 108 Å². The average Bonchev–Trinajstić information content (AvgIpc) is 2.29. The van der Waals surface area contributed by atoms with Crippen LogP contribution in [0.1, 0.15) is 10.4 Å². The van der Waals surface area contributed by atoms with Crippen LogP contribution in [0.15, 0.2) is 42.6 Å². The molecule has 1 amide bonds. The molecule has 5 heteroatoms. The molecule has 0 saturated carbocycles. The summed E-state index contributed by atoms with van der Waals surface area (Å²) in [6, 6.07) is 9.92. The number of benzene rings is 1. The molecule has 17 heavy (non-hydrogen) atoms. The number of nitrogens with one attached hydrogen (secondary N) is 1. The molecule has 0 aliphatic carbocycles. The van der Waals surface area contributed by atoms with Gasteiger partial charge in [0.15, 0.2) is 0 Å². The van der Waals surface area contributed by atoms with E-state index in [1.807, 2.05) is 0 Å². The minimum absolute atomic E-state index is 0.298. The monoisotopic (exact) mass is 266 g/mol. The van der Waals surface area contributed by atoms with Crippen molar-refractivity contribution in [2.75, 3.05) is 5.32 Å². The van der Waals surface area contributed by atoms with Gasteiger partial charge < -0.3 is 5.32 Å². The van der Waals surface area contributed by atoms with E-state index in [0.29, 0.717) is 21.4 Å². The van der Waals surface area contributed by atoms with Crippen LogP contribution in [0.2, 0.25) is 10.0 Å². The lowest BCUT2D eigenvalue weighted by Crippen LogP contribution is -2.12. The van der Waals surface area contributed by atoms with Gasteiger partial charge in [-0.2, -0.15) is 0 Å². The van der Waals surface area contributed by atoms with Crippen molar-refractivity contribution >= 4 is 34.9 Å². The van der Waals surface area contributed by atoms with E-state index in [1.165, 1.54) is 0 Å². The maximum atomic E-state index is 11.9. The van der Waals surface area contributed by atoms with E-state index < -0.39 is 0 Å². The fourth-order valence-corrected chi connectivity index (χ4v) is 1.84. The van der Waals surface area contributed by atoms with E-state index in [-0.39, 0.29) is 5.91 Å². The van der Waals surface area contributed by atoms with Gasteiger partial charge in [0.25, 0.3) is 5.91 Å². The first kappa shape index (κ1) is 11.9. The number of rotatable bonds is 2. The van der Waals surface area contributed by atoms with E-state index in [2.05, 4.69) is 10.3 Å². The van der Waals surface area contributed by atoms with Gasteiger partial charge in [-0.3, -0.25) is 4.79 Å².